The normalized spacial score (nSPS) is 16.9. The van der Waals surface area contributed by atoms with Crippen LogP contribution in [0.5, 0.6) is 0 Å². The number of nitro groups is 1. The number of para-hydroxylation sites is 1. The van der Waals surface area contributed by atoms with Crippen molar-refractivity contribution in [3.8, 4) is 0 Å². The molecule has 0 spiro atoms. The number of alkyl halides is 2. The van der Waals surface area contributed by atoms with Gasteiger partial charge in [0.15, 0.2) is 0 Å². The first-order valence-electron chi connectivity index (χ1n) is 7.82. The number of nitro benzene ring substituents is 1. The highest BCUT2D eigenvalue weighted by Gasteiger charge is 2.56. The molecule has 146 valence electrons. The van der Waals surface area contributed by atoms with Gasteiger partial charge in [-0.15, -0.1) is 23.2 Å². The van der Waals surface area contributed by atoms with Crippen molar-refractivity contribution in [3.63, 3.8) is 0 Å². The van der Waals surface area contributed by atoms with Crippen LogP contribution in [0.3, 0.4) is 0 Å². The number of carbonyl (C=O) groups excluding carboxylic acids is 2. The second kappa shape index (κ2) is 7.54. The topological polar surface area (TPSA) is 101 Å². The molecule has 2 amide bonds. The van der Waals surface area contributed by atoms with Crippen molar-refractivity contribution in [2.45, 2.75) is 10.8 Å². The number of anilines is 2. The number of amides is 2. The van der Waals surface area contributed by atoms with Crippen LogP contribution in [-0.2, 0) is 4.79 Å². The summed E-state index contributed by atoms with van der Waals surface area (Å²) in [6.45, 7) is 0. The summed E-state index contributed by atoms with van der Waals surface area (Å²) < 4.78 is 12.6. The molecule has 0 saturated heterocycles. The fraction of sp³-hybridized carbons (Fsp3) is 0.176. The predicted octanol–water partition coefficient (Wildman–Crippen LogP) is 4.77. The van der Waals surface area contributed by atoms with E-state index >= 15 is 0 Å². The average molecular weight is 447 g/mol. The highest BCUT2D eigenvalue weighted by atomic mass is 35.5. The molecule has 1 aliphatic carbocycles. The first kappa shape index (κ1) is 20.3. The summed E-state index contributed by atoms with van der Waals surface area (Å²) in [6.07, 6.45) is 0.312. The van der Waals surface area contributed by atoms with Gasteiger partial charge >= 0.3 is 5.69 Å². The van der Waals surface area contributed by atoms with E-state index in [4.69, 9.17) is 34.8 Å². The number of nitrogens with zero attached hydrogens (tertiary/aromatic N) is 1. The number of nitrogens with one attached hydrogen (secondary N) is 2. The number of benzene rings is 2. The van der Waals surface area contributed by atoms with Crippen molar-refractivity contribution in [1.29, 1.82) is 0 Å². The smallest absolute Gasteiger partial charge is 0.326 e. The molecule has 3 rings (SSSR count). The van der Waals surface area contributed by atoms with Crippen LogP contribution in [0.2, 0.25) is 5.02 Å². The zero-order valence-corrected chi connectivity index (χ0v) is 16.1. The fourth-order valence-corrected chi connectivity index (χ4v) is 3.21. The molecule has 1 fully saturated rings. The second-order valence-corrected chi connectivity index (χ2v) is 8.00. The lowest BCUT2D eigenvalue weighted by atomic mass is 10.1. The van der Waals surface area contributed by atoms with E-state index in [2.05, 4.69) is 10.6 Å². The van der Waals surface area contributed by atoms with Gasteiger partial charge in [-0.05, 0) is 36.8 Å². The van der Waals surface area contributed by atoms with Crippen molar-refractivity contribution in [2.24, 2.45) is 5.92 Å². The van der Waals surface area contributed by atoms with Crippen LogP contribution in [0, 0.1) is 21.8 Å². The lowest BCUT2D eigenvalue weighted by Crippen LogP contribution is -2.18. The van der Waals surface area contributed by atoms with Gasteiger partial charge in [0.2, 0.25) is 11.7 Å². The Kier molecular flexibility index (Phi) is 5.47. The van der Waals surface area contributed by atoms with Crippen LogP contribution >= 0.6 is 34.8 Å². The monoisotopic (exact) mass is 445 g/mol. The summed E-state index contributed by atoms with van der Waals surface area (Å²) in [4.78, 5) is 34.7. The van der Waals surface area contributed by atoms with Crippen molar-refractivity contribution in [1.82, 2.24) is 0 Å². The van der Waals surface area contributed by atoms with Gasteiger partial charge in [0, 0.05) is 5.69 Å². The van der Waals surface area contributed by atoms with E-state index in [-0.39, 0.29) is 22.0 Å². The second-order valence-electron chi connectivity index (χ2n) is 6.05. The maximum Gasteiger partial charge on any atom is 0.328 e. The van der Waals surface area contributed by atoms with E-state index in [0.29, 0.717) is 6.42 Å². The largest absolute Gasteiger partial charge is 0.328 e. The Hall–Kier alpha value is -2.42. The van der Waals surface area contributed by atoms with E-state index in [1.54, 1.807) is 0 Å². The summed E-state index contributed by atoms with van der Waals surface area (Å²) in [5.41, 5.74) is -1.01. The van der Waals surface area contributed by atoms with Gasteiger partial charge in [0.05, 0.1) is 21.4 Å². The number of halogens is 4. The Morgan fingerprint density at radius 3 is 2.50 bits per heavy atom. The van der Waals surface area contributed by atoms with Gasteiger partial charge in [0.1, 0.15) is 10.0 Å². The molecule has 0 bridgehead atoms. The van der Waals surface area contributed by atoms with Gasteiger partial charge in [-0.1, -0.05) is 17.7 Å². The van der Waals surface area contributed by atoms with Crippen LogP contribution in [0.25, 0.3) is 0 Å². The van der Waals surface area contributed by atoms with Crippen LogP contribution in [-0.4, -0.2) is 21.1 Å². The van der Waals surface area contributed by atoms with E-state index in [1.165, 1.54) is 30.3 Å². The van der Waals surface area contributed by atoms with Crippen molar-refractivity contribution < 1.29 is 18.9 Å². The Balaban J connectivity index is 1.82. The minimum Gasteiger partial charge on any atom is -0.326 e. The van der Waals surface area contributed by atoms with Gasteiger partial charge in [-0.2, -0.15) is 4.39 Å². The molecular weight excluding hydrogens is 436 g/mol. The molecule has 0 radical (unpaired) electrons. The zero-order valence-electron chi connectivity index (χ0n) is 13.8. The molecule has 2 aromatic carbocycles. The van der Waals surface area contributed by atoms with Crippen molar-refractivity contribution >= 4 is 63.7 Å². The molecule has 0 aromatic heterocycles. The van der Waals surface area contributed by atoms with Crippen molar-refractivity contribution in [2.75, 3.05) is 10.6 Å². The summed E-state index contributed by atoms with van der Waals surface area (Å²) in [7, 11) is 0. The number of hydrogen-bond donors (Lipinski definition) is 2. The van der Waals surface area contributed by atoms with E-state index in [1.807, 2.05) is 0 Å². The molecule has 0 aliphatic heterocycles. The molecular formula is C17H11Cl3FN3O4. The Bertz CT molecular complexity index is 1000. The van der Waals surface area contributed by atoms with Crippen LogP contribution in [0.15, 0.2) is 36.4 Å². The van der Waals surface area contributed by atoms with Gasteiger partial charge in [0.25, 0.3) is 5.91 Å². The summed E-state index contributed by atoms with van der Waals surface area (Å²) in [5.74, 6) is -2.89. The molecule has 0 heterocycles. The molecule has 1 atom stereocenters. The van der Waals surface area contributed by atoms with E-state index in [9.17, 15) is 24.1 Å². The minimum absolute atomic E-state index is 0.0324. The fourth-order valence-electron chi connectivity index (χ4n) is 2.50. The van der Waals surface area contributed by atoms with Gasteiger partial charge in [-0.3, -0.25) is 19.7 Å². The highest BCUT2D eigenvalue weighted by molar-refractivity contribution is 6.52. The molecule has 2 N–H and O–H groups in total. The number of carbonyl (C=O) groups is 2. The standard InChI is InChI=1S/C17H11Cl3FN3O4/c18-11-5-4-8(22-16(26)10-7-17(10,19)20)6-9(11)15(25)23-13-3-1-2-12(21)14(13)24(27)28/h1-6,10H,7H2,(H,22,26)(H,23,25). The SMILES string of the molecule is O=C(Nc1cccc(F)c1[N+](=O)[O-])c1cc(NC(=O)C2CC2(Cl)Cl)ccc1Cl. The molecule has 1 aliphatic rings. The first-order valence-corrected chi connectivity index (χ1v) is 8.96. The third-order valence-corrected chi connectivity index (χ3v) is 5.20. The quantitative estimate of drug-likeness (QED) is 0.392. The molecule has 11 heteroatoms. The third-order valence-electron chi connectivity index (χ3n) is 4.04. The Morgan fingerprint density at radius 1 is 1.21 bits per heavy atom. The number of hydrogen-bond acceptors (Lipinski definition) is 4. The summed E-state index contributed by atoms with van der Waals surface area (Å²) >= 11 is 17.7. The highest BCUT2D eigenvalue weighted by Crippen LogP contribution is 2.53. The average Bonchev–Trinajstić information content (AvgIpc) is 3.25. The predicted molar refractivity (Wildman–Crippen MR) is 104 cm³/mol. The Morgan fingerprint density at radius 2 is 1.89 bits per heavy atom. The molecule has 1 saturated carbocycles. The molecule has 1 unspecified atom stereocenters. The van der Waals surface area contributed by atoms with Gasteiger partial charge in [-0.25, -0.2) is 0 Å². The maximum absolute atomic E-state index is 13.7. The van der Waals surface area contributed by atoms with Crippen LogP contribution in [0.1, 0.15) is 16.8 Å². The Labute approximate surface area is 172 Å². The summed E-state index contributed by atoms with van der Waals surface area (Å²) in [6, 6.07) is 7.43. The molecule has 2 aromatic rings. The van der Waals surface area contributed by atoms with Gasteiger partial charge < -0.3 is 10.6 Å². The van der Waals surface area contributed by atoms with Crippen LogP contribution in [0.4, 0.5) is 21.5 Å². The summed E-state index contributed by atoms with van der Waals surface area (Å²) in [5, 5.41) is 15.9. The molecule has 28 heavy (non-hydrogen) atoms. The minimum atomic E-state index is -1.10. The van der Waals surface area contributed by atoms with Crippen molar-refractivity contribution in [3.05, 3.63) is 62.9 Å². The first-order chi connectivity index (χ1) is 13.1. The maximum atomic E-state index is 13.7. The lowest BCUT2D eigenvalue weighted by molar-refractivity contribution is -0.386. The number of rotatable bonds is 5. The van der Waals surface area contributed by atoms with E-state index < -0.39 is 38.5 Å². The third kappa shape index (κ3) is 4.19. The lowest BCUT2D eigenvalue weighted by Gasteiger charge is -2.10. The molecule has 7 nitrogen and oxygen atoms in total. The van der Waals surface area contributed by atoms with E-state index in [0.717, 1.165) is 6.07 Å². The zero-order chi connectivity index (χ0) is 20.6. The van der Waals surface area contributed by atoms with Crippen LogP contribution < -0.4 is 10.6 Å².